The first-order valence-corrected chi connectivity index (χ1v) is 13.6. The molecule has 0 aliphatic carbocycles. The van der Waals surface area contributed by atoms with Crippen LogP contribution in [0.4, 0.5) is 5.13 Å². The van der Waals surface area contributed by atoms with Gasteiger partial charge in [-0.05, 0) is 50.1 Å². The summed E-state index contributed by atoms with van der Waals surface area (Å²) in [5.41, 5.74) is 2.90. The van der Waals surface area contributed by atoms with Gasteiger partial charge in [0.05, 0.1) is 35.7 Å². The van der Waals surface area contributed by atoms with E-state index in [9.17, 15) is 24.3 Å². The number of hydrogen-bond donors (Lipinski definition) is 1. The molecule has 1 aromatic carbocycles. The number of thiazole rings is 1. The highest BCUT2D eigenvalue weighted by Gasteiger charge is 2.49. The maximum absolute atomic E-state index is 13.6. The zero-order valence-electron chi connectivity index (χ0n) is 23.2. The Balaban J connectivity index is 1.71. The van der Waals surface area contributed by atoms with E-state index in [1.807, 2.05) is 19.1 Å². The molecule has 0 bridgehead atoms. The molecule has 4 aromatic rings. The number of amides is 1. The molecular formula is C30H26N4O7S. The fourth-order valence-electron chi connectivity index (χ4n) is 4.81. The highest BCUT2D eigenvalue weighted by Crippen LogP contribution is 2.44. The van der Waals surface area contributed by atoms with Crippen LogP contribution < -0.4 is 4.90 Å². The van der Waals surface area contributed by atoms with E-state index in [-0.39, 0.29) is 33.4 Å². The van der Waals surface area contributed by atoms with Crippen molar-refractivity contribution in [3.8, 4) is 0 Å². The van der Waals surface area contributed by atoms with Crippen LogP contribution in [0.2, 0.25) is 0 Å². The SMILES string of the molecule is C=CCOC(=O)c1sc(N2C(=O)C(=O)C(=C(O)c3nc4c(C)cccn4c3C)C2c2ccc(C(=O)OC)cc2)nc1C. The van der Waals surface area contributed by atoms with Gasteiger partial charge in [0.2, 0.25) is 0 Å². The highest BCUT2D eigenvalue weighted by molar-refractivity contribution is 7.17. The lowest BCUT2D eigenvalue weighted by molar-refractivity contribution is -0.132. The van der Waals surface area contributed by atoms with E-state index in [0.29, 0.717) is 22.6 Å². The molecule has 1 saturated heterocycles. The van der Waals surface area contributed by atoms with E-state index in [1.165, 1.54) is 25.3 Å². The minimum absolute atomic E-state index is 0.0135. The number of nitrogens with zero attached hydrogens (tertiary/aromatic N) is 4. The molecule has 1 fully saturated rings. The third-order valence-electron chi connectivity index (χ3n) is 6.91. The maximum atomic E-state index is 13.6. The molecule has 4 heterocycles. The van der Waals surface area contributed by atoms with Gasteiger partial charge in [-0.25, -0.2) is 19.6 Å². The van der Waals surface area contributed by atoms with Crippen LogP contribution in [0.25, 0.3) is 11.4 Å². The third-order valence-corrected chi connectivity index (χ3v) is 8.05. The maximum Gasteiger partial charge on any atom is 0.350 e. The first kappa shape index (κ1) is 28.4. The lowest BCUT2D eigenvalue weighted by Crippen LogP contribution is -2.29. The van der Waals surface area contributed by atoms with Gasteiger partial charge in [-0.3, -0.25) is 14.5 Å². The van der Waals surface area contributed by atoms with Crippen LogP contribution in [0.3, 0.4) is 0 Å². The van der Waals surface area contributed by atoms with E-state index < -0.39 is 35.4 Å². The van der Waals surface area contributed by atoms with Gasteiger partial charge in [0.1, 0.15) is 22.8 Å². The molecule has 1 aliphatic heterocycles. The number of methoxy groups -OCH3 is 1. The van der Waals surface area contributed by atoms with Gasteiger partial charge >= 0.3 is 17.8 Å². The summed E-state index contributed by atoms with van der Waals surface area (Å²) >= 11 is 0.885. The van der Waals surface area contributed by atoms with Gasteiger partial charge in [-0.15, -0.1) is 0 Å². The molecular weight excluding hydrogens is 560 g/mol. The molecule has 1 unspecified atom stereocenters. The van der Waals surface area contributed by atoms with Crippen LogP contribution in [0.1, 0.15) is 54.3 Å². The number of rotatable bonds is 7. The number of aryl methyl sites for hydroxylation is 3. The van der Waals surface area contributed by atoms with Crippen molar-refractivity contribution in [2.24, 2.45) is 0 Å². The monoisotopic (exact) mass is 586 g/mol. The van der Waals surface area contributed by atoms with Gasteiger partial charge in [0, 0.05) is 6.20 Å². The van der Waals surface area contributed by atoms with E-state index in [2.05, 4.69) is 16.5 Å². The fourth-order valence-corrected chi connectivity index (χ4v) is 5.80. The molecule has 12 heteroatoms. The quantitative estimate of drug-likeness (QED) is 0.109. The summed E-state index contributed by atoms with van der Waals surface area (Å²) in [5, 5.41) is 11.7. The summed E-state index contributed by atoms with van der Waals surface area (Å²) in [7, 11) is 1.26. The number of esters is 2. The molecule has 1 atom stereocenters. The normalized spacial score (nSPS) is 16.2. The van der Waals surface area contributed by atoms with Crippen molar-refractivity contribution in [3.63, 3.8) is 0 Å². The Morgan fingerprint density at radius 1 is 1.10 bits per heavy atom. The molecule has 5 rings (SSSR count). The molecule has 0 radical (unpaired) electrons. The topological polar surface area (TPSA) is 140 Å². The minimum atomic E-state index is -1.15. The summed E-state index contributed by atoms with van der Waals surface area (Å²) in [4.78, 5) is 62.2. The van der Waals surface area contributed by atoms with Crippen LogP contribution in [0.5, 0.6) is 0 Å². The zero-order chi connectivity index (χ0) is 30.3. The summed E-state index contributed by atoms with van der Waals surface area (Å²) in [5.74, 6) is -3.58. The molecule has 3 aromatic heterocycles. The second-order valence-electron chi connectivity index (χ2n) is 9.51. The van der Waals surface area contributed by atoms with Crippen molar-refractivity contribution in [1.29, 1.82) is 0 Å². The number of pyridine rings is 1. The van der Waals surface area contributed by atoms with Gasteiger partial charge < -0.3 is 19.0 Å². The predicted molar refractivity (Wildman–Crippen MR) is 155 cm³/mol. The van der Waals surface area contributed by atoms with Crippen molar-refractivity contribution in [3.05, 3.63) is 99.5 Å². The van der Waals surface area contributed by atoms with Crippen LogP contribution in [0, 0.1) is 20.8 Å². The smallest absolute Gasteiger partial charge is 0.350 e. The Morgan fingerprint density at radius 3 is 2.45 bits per heavy atom. The first-order chi connectivity index (χ1) is 20.1. The van der Waals surface area contributed by atoms with Gasteiger partial charge in [0.25, 0.3) is 5.78 Å². The lowest BCUT2D eigenvalue weighted by Gasteiger charge is -2.23. The van der Waals surface area contributed by atoms with E-state index >= 15 is 0 Å². The number of aromatic nitrogens is 3. The van der Waals surface area contributed by atoms with Gasteiger partial charge in [-0.2, -0.15) is 0 Å². The van der Waals surface area contributed by atoms with E-state index in [1.54, 1.807) is 36.6 Å². The van der Waals surface area contributed by atoms with Crippen molar-refractivity contribution in [2.45, 2.75) is 26.8 Å². The second-order valence-corrected chi connectivity index (χ2v) is 10.5. The number of imidazole rings is 1. The van der Waals surface area contributed by atoms with Crippen LogP contribution in [0.15, 0.2) is 60.8 Å². The average molecular weight is 587 g/mol. The predicted octanol–water partition coefficient (Wildman–Crippen LogP) is 4.47. The minimum Gasteiger partial charge on any atom is -0.505 e. The number of aliphatic hydroxyl groups excluding tert-OH is 1. The fraction of sp³-hybridized carbons (Fsp3) is 0.200. The van der Waals surface area contributed by atoms with E-state index in [4.69, 9.17) is 9.47 Å². The molecule has 0 saturated carbocycles. The van der Waals surface area contributed by atoms with Crippen LogP contribution >= 0.6 is 11.3 Å². The van der Waals surface area contributed by atoms with Crippen molar-refractivity contribution in [2.75, 3.05) is 18.6 Å². The molecule has 11 nitrogen and oxygen atoms in total. The summed E-state index contributed by atoms with van der Waals surface area (Å²) in [6.45, 7) is 8.72. The number of hydrogen-bond acceptors (Lipinski definition) is 10. The third kappa shape index (κ3) is 4.65. The Bertz CT molecular complexity index is 1820. The second kappa shape index (κ2) is 11.1. The average Bonchev–Trinajstić information content (AvgIpc) is 3.62. The first-order valence-electron chi connectivity index (χ1n) is 12.8. The Hall–Kier alpha value is -5.10. The number of carbonyl (C=O) groups is 4. The Morgan fingerprint density at radius 2 is 1.81 bits per heavy atom. The number of Topliss-reactive ketones (excluding diaryl/α,β-unsaturated/α-hetero) is 1. The van der Waals surface area contributed by atoms with Crippen molar-refractivity contribution >= 4 is 51.5 Å². The number of aliphatic hydroxyl groups is 1. The summed E-state index contributed by atoms with van der Waals surface area (Å²) in [6, 6.07) is 8.66. The van der Waals surface area contributed by atoms with Crippen LogP contribution in [-0.4, -0.2) is 56.8 Å². The van der Waals surface area contributed by atoms with E-state index in [0.717, 1.165) is 21.8 Å². The Labute approximate surface area is 244 Å². The van der Waals surface area contributed by atoms with Crippen molar-refractivity contribution < 1.29 is 33.8 Å². The molecule has 1 N–H and O–H groups in total. The molecule has 1 aliphatic rings. The highest BCUT2D eigenvalue weighted by atomic mass is 32.1. The van der Waals surface area contributed by atoms with Gasteiger partial charge in [0.15, 0.2) is 10.9 Å². The zero-order valence-corrected chi connectivity index (χ0v) is 24.0. The summed E-state index contributed by atoms with van der Waals surface area (Å²) < 4.78 is 11.7. The standard InChI is InChI=1S/C30H26N4O7S/c1-6-14-41-29(39)25-16(3)31-30(42-25)34-22(18-9-11-19(12-10-18)28(38)40-5)20(24(36)27(34)37)23(35)21-17(4)33-13-7-8-15(2)26(33)32-21/h6-13,22,35H,1,14H2,2-5H3. The number of ether oxygens (including phenoxy) is 2. The molecule has 214 valence electrons. The van der Waals surface area contributed by atoms with Gasteiger partial charge in [-0.1, -0.05) is 42.2 Å². The van der Waals surface area contributed by atoms with Crippen LogP contribution in [-0.2, 0) is 19.1 Å². The molecule has 42 heavy (non-hydrogen) atoms. The largest absolute Gasteiger partial charge is 0.505 e. The molecule has 1 amide bonds. The Kier molecular flexibility index (Phi) is 7.48. The summed E-state index contributed by atoms with van der Waals surface area (Å²) in [6.07, 6.45) is 3.21. The lowest BCUT2D eigenvalue weighted by atomic mass is 9.95. The number of ketones is 1. The number of carbonyl (C=O) groups excluding carboxylic acids is 4. The number of fused-ring (bicyclic) bond motifs is 1. The molecule has 0 spiro atoms. The van der Waals surface area contributed by atoms with Crippen molar-refractivity contribution in [1.82, 2.24) is 14.4 Å². The number of benzene rings is 1. The number of anilines is 1.